The zero-order valence-corrected chi connectivity index (χ0v) is 14.1. The average molecular weight is 356 g/mol. The average Bonchev–Trinajstić information content (AvgIpc) is 2.99. The van der Waals surface area contributed by atoms with Crippen molar-refractivity contribution in [2.75, 3.05) is 20.3 Å². The lowest BCUT2D eigenvalue weighted by atomic mass is 10.2. The van der Waals surface area contributed by atoms with Crippen molar-refractivity contribution in [3.63, 3.8) is 0 Å². The number of rotatable bonds is 6. The minimum Gasteiger partial charge on any atom is -0.376 e. The molecule has 0 aliphatic carbocycles. The van der Waals surface area contributed by atoms with Gasteiger partial charge in [-0.25, -0.2) is 0 Å². The van der Waals surface area contributed by atoms with Gasteiger partial charge < -0.3 is 14.4 Å². The first kappa shape index (κ1) is 16.5. The van der Waals surface area contributed by atoms with Crippen LogP contribution in [0.15, 0.2) is 28.7 Å². The van der Waals surface area contributed by atoms with Gasteiger partial charge in [-0.05, 0) is 37.5 Å². The molecule has 0 bridgehead atoms. The number of carbonyl (C=O) groups excluding carboxylic acids is 1. The maximum absolute atomic E-state index is 12.3. The summed E-state index contributed by atoms with van der Waals surface area (Å²) in [7, 11) is 1.80. The van der Waals surface area contributed by atoms with E-state index in [9.17, 15) is 4.79 Å². The Morgan fingerprint density at radius 1 is 1.48 bits per heavy atom. The van der Waals surface area contributed by atoms with Crippen LogP contribution in [0.3, 0.4) is 0 Å². The Balaban J connectivity index is 1.78. The number of hydrogen-bond acceptors (Lipinski definition) is 3. The number of amides is 1. The van der Waals surface area contributed by atoms with Crippen molar-refractivity contribution in [2.24, 2.45) is 0 Å². The van der Waals surface area contributed by atoms with Crippen LogP contribution in [-0.2, 0) is 20.8 Å². The summed E-state index contributed by atoms with van der Waals surface area (Å²) in [5.41, 5.74) is 1.10. The highest BCUT2D eigenvalue weighted by Crippen LogP contribution is 2.14. The number of carbonyl (C=O) groups is 1. The van der Waals surface area contributed by atoms with Crippen LogP contribution in [0.4, 0.5) is 0 Å². The first-order valence-electron chi connectivity index (χ1n) is 7.29. The summed E-state index contributed by atoms with van der Waals surface area (Å²) in [5, 5.41) is 0. The highest BCUT2D eigenvalue weighted by Gasteiger charge is 2.22. The molecular weight excluding hydrogens is 334 g/mol. The van der Waals surface area contributed by atoms with Gasteiger partial charge in [0, 0.05) is 24.7 Å². The standard InChI is InChI=1S/C16H22BrNO3/c1-12(21-11-15-4-3-9-20-15)16(19)18(2)10-13-5-7-14(17)8-6-13/h5-8,12,15H,3-4,9-11H2,1-2H3. The van der Waals surface area contributed by atoms with Crippen LogP contribution >= 0.6 is 15.9 Å². The van der Waals surface area contributed by atoms with Gasteiger partial charge in [-0.15, -0.1) is 0 Å². The Morgan fingerprint density at radius 2 is 2.19 bits per heavy atom. The summed E-state index contributed by atoms with van der Waals surface area (Å²) >= 11 is 3.40. The second-order valence-electron chi connectivity index (χ2n) is 5.43. The van der Waals surface area contributed by atoms with Crippen LogP contribution in [0.2, 0.25) is 0 Å². The first-order chi connectivity index (χ1) is 10.1. The van der Waals surface area contributed by atoms with Crippen LogP contribution < -0.4 is 0 Å². The lowest BCUT2D eigenvalue weighted by Crippen LogP contribution is -2.37. The quantitative estimate of drug-likeness (QED) is 0.787. The van der Waals surface area contributed by atoms with Crippen molar-refractivity contribution in [3.05, 3.63) is 34.3 Å². The molecule has 5 heteroatoms. The predicted molar refractivity (Wildman–Crippen MR) is 85.0 cm³/mol. The summed E-state index contributed by atoms with van der Waals surface area (Å²) in [6.07, 6.45) is 1.82. The summed E-state index contributed by atoms with van der Waals surface area (Å²) in [6, 6.07) is 7.97. The van der Waals surface area contributed by atoms with E-state index < -0.39 is 6.10 Å². The van der Waals surface area contributed by atoms with E-state index in [1.165, 1.54) is 0 Å². The lowest BCUT2D eigenvalue weighted by molar-refractivity contribution is -0.143. The van der Waals surface area contributed by atoms with Gasteiger partial charge in [0.2, 0.25) is 0 Å². The highest BCUT2D eigenvalue weighted by molar-refractivity contribution is 9.10. The summed E-state index contributed by atoms with van der Waals surface area (Å²) < 4.78 is 12.2. The Morgan fingerprint density at radius 3 is 2.81 bits per heavy atom. The third kappa shape index (κ3) is 5.09. The zero-order valence-electron chi connectivity index (χ0n) is 12.5. The van der Waals surface area contributed by atoms with Crippen molar-refractivity contribution in [2.45, 2.75) is 38.5 Å². The fourth-order valence-corrected chi connectivity index (χ4v) is 2.62. The third-order valence-corrected chi connectivity index (χ3v) is 4.14. The predicted octanol–water partition coefficient (Wildman–Crippen LogP) is 2.99. The van der Waals surface area contributed by atoms with Gasteiger partial charge in [0.15, 0.2) is 0 Å². The number of benzene rings is 1. The molecule has 1 fully saturated rings. The van der Waals surface area contributed by atoms with Crippen molar-refractivity contribution in [3.8, 4) is 0 Å². The van der Waals surface area contributed by atoms with E-state index in [-0.39, 0.29) is 12.0 Å². The van der Waals surface area contributed by atoms with Crippen molar-refractivity contribution >= 4 is 21.8 Å². The molecular formula is C16H22BrNO3. The summed E-state index contributed by atoms with van der Waals surface area (Å²) in [5.74, 6) is -0.00378. The molecule has 0 spiro atoms. The molecule has 2 rings (SSSR count). The highest BCUT2D eigenvalue weighted by atomic mass is 79.9. The second-order valence-corrected chi connectivity index (χ2v) is 6.35. The number of hydrogen-bond donors (Lipinski definition) is 0. The summed E-state index contributed by atoms with van der Waals surface area (Å²) in [4.78, 5) is 14.0. The molecule has 116 valence electrons. The number of halogens is 1. The van der Waals surface area contributed by atoms with Gasteiger partial charge in [0.1, 0.15) is 6.10 Å². The Bertz CT molecular complexity index is 457. The van der Waals surface area contributed by atoms with E-state index in [2.05, 4.69) is 15.9 Å². The van der Waals surface area contributed by atoms with Gasteiger partial charge in [-0.2, -0.15) is 0 Å². The molecule has 1 aliphatic rings. The van der Waals surface area contributed by atoms with E-state index >= 15 is 0 Å². The van der Waals surface area contributed by atoms with Crippen molar-refractivity contribution in [1.29, 1.82) is 0 Å². The molecule has 1 aromatic rings. The van der Waals surface area contributed by atoms with E-state index in [1.54, 1.807) is 18.9 Å². The monoisotopic (exact) mass is 355 g/mol. The fourth-order valence-electron chi connectivity index (χ4n) is 2.35. The van der Waals surface area contributed by atoms with Crippen LogP contribution in [0.5, 0.6) is 0 Å². The van der Waals surface area contributed by atoms with Gasteiger partial charge >= 0.3 is 0 Å². The SMILES string of the molecule is CC(OCC1CCCO1)C(=O)N(C)Cc1ccc(Br)cc1. The topological polar surface area (TPSA) is 38.8 Å². The lowest BCUT2D eigenvalue weighted by Gasteiger charge is -2.22. The van der Waals surface area contributed by atoms with E-state index in [1.807, 2.05) is 24.3 Å². The van der Waals surface area contributed by atoms with Crippen LogP contribution in [0, 0.1) is 0 Å². The third-order valence-electron chi connectivity index (χ3n) is 3.61. The minimum atomic E-state index is -0.436. The maximum Gasteiger partial charge on any atom is 0.251 e. The molecule has 0 saturated carbocycles. The molecule has 21 heavy (non-hydrogen) atoms. The van der Waals surface area contributed by atoms with Crippen LogP contribution in [0.1, 0.15) is 25.3 Å². The molecule has 1 heterocycles. The number of ether oxygens (including phenoxy) is 2. The Labute approximate surface area is 134 Å². The molecule has 0 N–H and O–H groups in total. The van der Waals surface area contributed by atoms with Gasteiger partial charge in [0.05, 0.1) is 12.7 Å². The van der Waals surface area contributed by atoms with Crippen LogP contribution in [0.25, 0.3) is 0 Å². The van der Waals surface area contributed by atoms with Gasteiger partial charge in [-0.1, -0.05) is 28.1 Å². The normalized spacial score (nSPS) is 19.5. The molecule has 2 unspecified atom stereocenters. The van der Waals surface area contributed by atoms with Gasteiger partial charge in [-0.3, -0.25) is 4.79 Å². The number of nitrogens with zero attached hydrogens (tertiary/aromatic N) is 1. The molecule has 0 aromatic heterocycles. The molecule has 4 nitrogen and oxygen atoms in total. The zero-order chi connectivity index (χ0) is 15.2. The van der Waals surface area contributed by atoms with Crippen molar-refractivity contribution < 1.29 is 14.3 Å². The molecule has 1 saturated heterocycles. The van der Waals surface area contributed by atoms with Crippen molar-refractivity contribution in [1.82, 2.24) is 4.90 Å². The molecule has 1 aliphatic heterocycles. The molecule has 1 amide bonds. The largest absolute Gasteiger partial charge is 0.376 e. The first-order valence-corrected chi connectivity index (χ1v) is 8.08. The van der Waals surface area contributed by atoms with Gasteiger partial charge in [0.25, 0.3) is 5.91 Å². The smallest absolute Gasteiger partial charge is 0.251 e. The molecule has 2 atom stereocenters. The molecule has 1 aromatic carbocycles. The Kier molecular flexibility index (Phi) is 6.21. The fraction of sp³-hybridized carbons (Fsp3) is 0.562. The maximum atomic E-state index is 12.3. The van der Waals surface area contributed by atoms with E-state index in [0.29, 0.717) is 13.2 Å². The molecule has 0 radical (unpaired) electrons. The minimum absolute atomic E-state index is 0.00378. The summed E-state index contributed by atoms with van der Waals surface area (Å²) in [6.45, 7) is 3.69. The second kappa shape index (κ2) is 7.92. The number of likely N-dealkylation sites (N-methyl/N-ethyl adjacent to an activating group) is 1. The van der Waals surface area contributed by atoms with E-state index in [4.69, 9.17) is 9.47 Å². The van der Waals surface area contributed by atoms with Crippen LogP contribution in [-0.4, -0.2) is 43.3 Å². The Hall–Kier alpha value is -0.910. The van der Waals surface area contributed by atoms with E-state index in [0.717, 1.165) is 29.5 Å².